The largest absolute Gasteiger partial charge is 0.370 e. The van der Waals surface area contributed by atoms with Crippen LogP contribution < -0.4 is 5.32 Å². The van der Waals surface area contributed by atoms with Crippen LogP contribution in [0, 0.1) is 5.41 Å². The Kier molecular flexibility index (Phi) is 3.71. The fourth-order valence-electron chi connectivity index (χ4n) is 0.845. The summed E-state index contributed by atoms with van der Waals surface area (Å²) in [5.41, 5.74) is 1.03. The standard InChI is InChI=1S/C9H12ClN3/c1-2-9(11)13-6-7-3-4-8(10)12-5-7/h3-5H,2,6H2,1H3,(H2,11,13). The molecule has 1 rings (SSSR count). The minimum atomic E-state index is 0.495. The second-order valence-corrected chi connectivity index (χ2v) is 3.06. The van der Waals surface area contributed by atoms with Gasteiger partial charge in [-0.25, -0.2) is 4.98 Å². The van der Waals surface area contributed by atoms with Gasteiger partial charge in [-0.05, 0) is 11.6 Å². The molecule has 0 aliphatic carbocycles. The van der Waals surface area contributed by atoms with Gasteiger partial charge in [-0.3, -0.25) is 5.41 Å². The molecule has 4 heteroatoms. The van der Waals surface area contributed by atoms with Crippen LogP contribution in [0.1, 0.15) is 18.9 Å². The van der Waals surface area contributed by atoms with E-state index >= 15 is 0 Å². The predicted octanol–water partition coefficient (Wildman–Crippen LogP) is 2.21. The van der Waals surface area contributed by atoms with Gasteiger partial charge < -0.3 is 5.32 Å². The lowest BCUT2D eigenvalue weighted by atomic mass is 10.3. The summed E-state index contributed by atoms with van der Waals surface area (Å²) in [6.45, 7) is 2.58. The zero-order chi connectivity index (χ0) is 9.68. The molecule has 0 amide bonds. The van der Waals surface area contributed by atoms with Gasteiger partial charge in [0.1, 0.15) is 5.15 Å². The molecule has 0 aliphatic rings. The summed E-state index contributed by atoms with van der Waals surface area (Å²) in [6.07, 6.45) is 2.43. The van der Waals surface area contributed by atoms with Crippen molar-refractivity contribution >= 4 is 17.4 Å². The van der Waals surface area contributed by atoms with Crippen LogP contribution in [0.2, 0.25) is 5.15 Å². The monoisotopic (exact) mass is 197 g/mol. The number of nitrogens with one attached hydrogen (secondary N) is 2. The molecule has 13 heavy (non-hydrogen) atoms. The predicted molar refractivity (Wildman–Crippen MR) is 54.1 cm³/mol. The van der Waals surface area contributed by atoms with Gasteiger partial charge in [-0.15, -0.1) is 0 Å². The average Bonchev–Trinajstić information content (AvgIpc) is 2.16. The van der Waals surface area contributed by atoms with Gasteiger partial charge in [0.15, 0.2) is 0 Å². The zero-order valence-corrected chi connectivity index (χ0v) is 8.23. The fourth-order valence-corrected chi connectivity index (χ4v) is 0.957. The van der Waals surface area contributed by atoms with E-state index in [0.717, 1.165) is 12.0 Å². The minimum Gasteiger partial charge on any atom is -0.370 e. The van der Waals surface area contributed by atoms with Gasteiger partial charge in [0, 0.05) is 19.2 Å². The molecule has 3 nitrogen and oxygen atoms in total. The van der Waals surface area contributed by atoms with Crippen LogP contribution in [0.25, 0.3) is 0 Å². The average molecular weight is 198 g/mol. The van der Waals surface area contributed by atoms with Crippen LogP contribution in [0.3, 0.4) is 0 Å². The highest BCUT2D eigenvalue weighted by atomic mass is 35.5. The molecule has 70 valence electrons. The molecule has 0 spiro atoms. The van der Waals surface area contributed by atoms with Gasteiger partial charge in [0.05, 0.1) is 5.84 Å². The van der Waals surface area contributed by atoms with Crippen LogP contribution in [0.5, 0.6) is 0 Å². The zero-order valence-electron chi connectivity index (χ0n) is 7.47. The third-order valence-corrected chi connectivity index (χ3v) is 1.87. The molecule has 1 aromatic heterocycles. The van der Waals surface area contributed by atoms with E-state index in [4.69, 9.17) is 17.0 Å². The van der Waals surface area contributed by atoms with Crippen LogP contribution in [-0.2, 0) is 6.54 Å². The lowest BCUT2D eigenvalue weighted by Gasteiger charge is -2.04. The quantitative estimate of drug-likeness (QED) is 0.444. The first-order valence-corrected chi connectivity index (χ1v) is 4.52. The number of halogens is 1. The Morgan fingerprint density at radius 2 is 2.38 bits per heavy atom. The van der Waals surface area contributed by atoms with Gasteiger partial charge in [0.25, 0.3) is 0 Å². The molecule has 0 bridgehead atoms. The maximum absolute atomic E-state index is 7.37. The van der Waals surface area contributed by atoms with Crippen LogP contribution in [0.4, 0.5) is 0 Å². The van der Waals surface area contributed by atoms with Crippen molar-refractivity contribution in [1.29, 1.82) is 5.41 Å². The van der Waals surface area contributed by atoms with Crippen molar-refractivity contribution in [2.24, 2.45) is 0 Å². The Morgan fingerprint density at radius 1 is 1.62 bits per heavy atom. The summed E-state index contributed by atoms with van der Waals surface area (Å²) in [7, 11) is 0. The van der Waals surface area contributed by atoms with Crippen molar-refractivity contribution in [3.8, 4) is 0 Å². The fraction of sp³-hybridized carbons (Fsp3) is 0.333. The lowest BCUT2D eigenvalue weighted by Crippen LogP contribution is -2.20. The maximum atomic E-state index is 7.37. The Morgan fingerprint density at radius 3 is 2.92 bits per heavy atom. The number of aromatic nitrogens is 1. The minimum absolute atomic E-state index is 0.495. The number of rotatable bonds is 3. The van der Waals surface area contributed by atoms with Gasteiger partial charge in [-0.2, -0.15) is 0 Å². The van der Waals surface area contributed by atoms with Crippen molar-refractivity contribution in [2.45, 2.75) is 19.9 Å². The third kappa shape index (κ3) is 3.42. The first-order valence-electron chi connectivity index (χ1n) is 4.14. The molecule has 1 heterocycles. The van der Waals surface area contributed by atoms with E-state index in [0.29, 0.717) is 17.5 Å². The Bertz CT molecular complexity index is 281. The summed E-state index contributed by atoms with van der Waals surface area (Å²) >= 11 is 5.63. The molecule has 0 unspecified atom stereocenters. The summed E-state index contributed by atoms with van der Waals surface area (Å²) in [5.74, 6) is 0.537. The first kappa shape index (κ1) is 9.99. The van der Waals surface area contributed by atoms with Crippen LogP contribution in [0.15, 0.2) is 18.3 Å². The molecule has 0 saturated carbocycles. The topological polar surface area (TPSA) is 48.8 Å². The molecule has 1 aromatic rings. The summed E-state index contributed by atoms with van der Waals surface area (Å²) in [4.78, 5) is 3.94. The molecule has 2 N–H and O–H groups in total. The molecule has 0 atom stereocenters. The van der Waals surface area contributed by atoms with E-state index in [2.05, 4.69) is 10.3 Å². The first-order chi connectivity index (χ1) is 6.22. The number of amidine groups is 1. The highest BCUT2D eigenvalue weighted by Gasteiger charge is 1.95. The Hall–Kier alpha value is -1.09. The summed E-state index contributed by atoms with van der Waals surface area (Å²) < 4.78 is 0. The van der Waals surface area contributed by atoms with Gasteiger partial charge in [-0.1, -0.05) is 24.6 Å². The molecule has 0 saturated heterocycles. The SMILES string of the molecule is CCC(=N)NCc1ccc(Cl)nc1. The van der Waals surface area contributed by atoms with Gasteiger partial charge in [0.2, 0.25) is 0 Å². The second-order valence-electron chi connectivity index (χ2n) is 2.67. The summed E-state index contributed by atoms with van der Waals surface area (Å²) in [6, 6.07) is 3.64. The number of hydrogen-bond donors (Lipinski definition) is 2. The van der Waals surface area contributed by atoms with Gasteiger partial charge >= 0.3 is 0 Å². The molecular weight excluding hydrogens is 186 g/mol. The van der Waals surface area contributed by atoms with E-state index in [1.54, 1.807) is 12.3 Å². The molecule has 0 fully saturated rings. The van der Waals surface area contributed by atoms with Crippen molar-refractivity contribution < 1.29 is 0 Å². The highest BCUT2D eigenvalue weighted by Crippen LogP contribution is 2.04. The van der Waals surface area contributed by atoms with E-state index < -0.39 is 0 Å². The molecule has 0 aliphatic heterocycles. The number of nitrogens with zero attached hydrogens (tertiary/aromatic N) is 1. The second kappa shape index (κ2) is 4.82. The van der Waals surface area contributed by atoms with E-state index in [1.807, 2.05) is 13.0 Å². The lowest BCUT2D eigenvalue weighted by molar-refractivity contribution is 0.875. The van der Waals surface area contributed by atoms with Crippen molar-refractivity contribution in [3.63, 3.8) is 0 Å². The maximum Gasteiger partial charge on any atom is 0.129 e. The molecular formula is C9H12ClN3. The van der Waals surface area contributed by atoms with E-state index in [9.17, 15) is 0 Å². The van der Waals surface area contributed by atoms with E-state index in [1.165, 1.54) is 0 Å². The Balaban J connectivity index is 2.46. The van der Waals surface area contributed by atoms with Crippen molar-refractivity contribution in [2.75, 3.05) is 0 Å². The Labute approximate surface area is 82.6 Å². The van der Waals surface area contributed by atoms with Crippen LogP contribution >= 0.6 is 11.6 Å². The number of hydrogen-bond acceptors (Lipinski definition) is 2. The van der Waals surface area contributed by atoms with E-state index in [-0.39, 0.29) is 0 Å². The number of pyridine rings is 1. The third-order valence-electron chi connectivity index (χ3n) is 1.65. The van der Waals surface area contributed by atoms with Crippen LogP contribution in [-0.4, -0.2) is 10.8 Å². The van der Waals surface area contributed by atoms with Crippen molar-refractivity contribution in [3.05, 3.63) is 29.0 Å². The normalized spacial score (nSPS) is 9.69. The van der Waals surface area contributed by atoms with Crippen molar-refractivity contribution in [1.82, 2.24) is 10.3 Å². The summed E-state index contributed by atoms with van der Waals surface area (Å²) in [5, 5.41) is 10.8. The molecule has 0 radical (unpaired) electrons. The molecule has 0 aromatic carbocycles. The highest BCUT2D eigenvalue weighted by molar-refractivity contribution is 6.29. The smallest absolute Gasteiger partial charge is 0.129 e.